The monoisotopic (exact) mass is 230 g/mol. The van der Waals surface area contributed by atoms with Crippen molar-refractivity contribution in [3.8, 4) is 6.07 Å². The molecule has 0 aliphatic carbocycles. The van der Waals surface area contributed by atoms with Crippen molar-refractivity contribution in [2.24, 2.45) is 0 Å². The standard InChI is InChI=1S/C7H4BrClN2/c8-7-3-5(1-2-10)6(9)4-11-7/h3-4H,1H2. The summed E-state index contributed by atoms with van der Waals surface area (Å²) in [6.45, 7) is 0. The number of halogens is 2. The summed E-state index contributed by atoms with van der Waals surface area (Å²) >= 11 is 8.93. The molecule has 2 nitrogen and oxygen atoms in total. The Morgan fingerprint density at radius 3 is 3.09 bits per heavy atom. The average Bonchev–Trinajstić information content (AvgIpc) is 1.98. The molecule has 0 radical (unpaired) electrons. The molecule has 56 valence electrons. The summed E-state index contributed by atoms with van der Waals surface area (Å²) in [5, 5.41) is 8.93. The van der Waals surface area contributed by atoms with E-state index in [4.69, 9.17) is 16.9 Å². The van der Waals surface area contributed by atoms with Gasteiger partial charge in [-0.3, -0.25) is 0 Å². The van der Waals surface area contributed by atoms with Gasteiger partial charge in [0.15, 0.2) is 0 Å². The van der Waals surface area contributed by atoms with Gasteiger partial charge in [0.05, 0.1) is 17.5 Å². The van der Waals surface area contributed by atoms with Crippen molar-refractivity contribution < 1.29 is 0 Å². The van der Waals surface area contributed by atoms with Crippen LogP contribution in [0.3, 0.4) is 0 Å². The van der Waals surface area contributed by atoms with Crippen LogP contribution in [0.4, 0.5) is 0 Å². The van der Waals surface area contributed by atoms with Crippen LogP contribution in [0.15, 0.2) is 16.9 Å². The van der Waals surface area contributed by atoms with Gasteiger partial charge in [-0.1, -0.05) is 11.6 Å². The Labute approximate surface area is 77.9 Å². The van der Waals surface area contributed by atoms with E-state index in [2.05, 4.69) is 20.9 Å². The predicted octanol–water partition coefficient (Wildman–Crippen LogP) is 2.56. The van der Waals surface area contributed by atoms with Crippen LogP contribution in [0, 0.1) is 11.3 Å². The highest BCUT2D eigenvalue weighted by atomic mass is 79.9. The van der Waals surface area contributed by atoms with Gasteiger partial charge in [-0.05, 0) is 27.6 Å². The van der Waals surface area contributed by atoms with Crippen LogP contribution in [-0.4, -0.2) is 4.98 Å². The summed E-state index contributed by atoms with van der Waals surface area (Å²) in [7, 11) is 0. The molecule has 4 heteroatoms. The largest absolute Gasteiger partial charge is 0.248 e. The highest BCUT2D eigenvalue weighted by Crippen LogP contribution is 2.18. The zero-order valence-electron chi connectivity index (χ0n) is 5.51. The van der Waals surface area contributed by atoms with E-state index in [-0.39, 0.29) is 0 Å². The van der Waals surface area contributed by atoms with Crippen molar-refractivity contribution in [1.29, 1.82) is 5.26 Å². The molecule has 1 heterocycles. The van der Waals surface area contributed by atoms with Gasteiger partial charge < -0.3 is 0 Å². The minimum atomic E-state index is 0.319. The van der Waals surface area contributed by atoms with E-state index in [0.29, 0.717) is 16.0 Å². The fourth-order valence-electron chi connectivity index (χ4n) is 0.672. The molecule has 0 amide bonds. The first-order chi connectivity index (χ1) is 5.24. The van der Waals surface area contributed by atoms with Crippen molar-refractivity contribution in [2.75, 3.05) is 0 Å². The molecule has 1 rings (SSSR count). The van der Waals surface area contributed by atoms with Crippen molar-refractivity contribution in [3.63, 3.8) is 0 Å². The normalized spacial score (nSPS) is 9.18. The van der Waals surface area contributed by atoms with Gasteiger partial charge in [-0.2, -0.15) is 5.26 Å². The lowest BCUT2D eigenvalue weighted by atomic mass is 10.2. The van der Waals surface area contributed by atoms with Crippen LogP contribution < -0.4 is 0 Å². The zero-order valence-corrected chi connectivity index (χ0v) is 7.85. The Balaban J connectivity index is 3.05. The number of hydrogen-bond donors (Lipinski definition) is 0. The van der Waals surface area contributed by atoms with E-state index in [1.807, 2.05) is 6.07 Å². The summed E-state index contributed by atoms with van der Waals surface area (Å²) in [4.78, 5) is 3.90. The molecule has 0 N–H and O–H groups in total. The topological polar surface area (TPSA) is 36.7 Å². The lowest BCUT2D eigenvalue weighted by Crippen LogP contribution is -1.85. The van der Waals surface area contributed by atoms with Crippen LogP contribution in [-0.2, 0) is 6.42 Å². The molecule has 0 saturated heterocycles. The first-order valence-corrected chi connectivity index (χ1v) is 4.08. The number of pyridine rings is 1. The van der Waals surface area contributed by atoms with Gasteiger partial charge in [-0.25, -0.2) is 4.98 Å². The highest BCUT2D eigenvalue weighted by molar-refractivity contribution is 9.10. The van der Waals surface area contributed by atoms with Crippen LogP contribution in [0.2, 0.25) is 5.02 Å². The Kier molecular flexibility index (Phi) is 2.86. The molecule has 0 saturated carbocycles. The number of nitrogens with zero attached hydrogens (tertiary/aromatic N) is 2. The Hall–Kier alpha value is -0.590. The molecule has 0 fully saturated rings. The van der Waals surface area contributed by atoms with E-state index < -0.39 is 0 Å². The second-order valence-corrected chi connectivity index (χ2v) is 3.15. The second-order valence-electron chi connectivity index (χ2n) is 1.93. The fraction of sp³-hybridized carbons (Fsp3) is 0.143. The third kappa shape index (κ3) is 2.18. The lowest BCUT2D eigenvalue weighted by Gasteiger charge is -1.97. The van der Waals surface area contributed by atoms with Gasteiger partial charge in [-0.15, -0.1) is 0 Å². The van der Waals surface area contributed by atoms with E-state index >= 15 is 0 Å². The van der Waals surface area contributed by atoms with Gasteiger partial charge in [0.25, 0.3) is 0 Å². The third-order valence-electron chi connectivity index (χ3n) is 1.17. The number of nitriles is 1. The summed E-state index contributed by atoms with van der Waals surface area (Å²) in [6.07, 6.45) is 1.85. The quantitative estimate of drug-likeness (QED) is 0.697. The molecule has 1 aromatic rings. The number of hydrogen-bond acceptors (Lipinski definition) is 2. The molecule has 0 aliphatic rings. The summed E-state index contributed by atoms with van der Waals surface area (Å²) in [5.74, 6) is 0. The maximum atomic E-state index is 8.39. The van der Waals surface area contributed by atoms with Crippen LogP contribution >= 0.6 is 27.5 Å². The lowest BCUT2D eigenvalue weighted by molar-refractivity contribution is 1.19. The summed E-state index contributed by atoms with van der Waals surface area (Å²) in [5.41, 5.74) is 0.802. The highest BCUT2D eigenvalue weighted by Gasteiger charge is 2.00. The molecule has 0 bridgehead atoms. The van der Waals surface area contributed by atoms with Gasteiger partial charge in [0.1, 0.15) is 4.60 Å². The van der Waals surface area contributed by atoms with Crippen molar-refractivity contribution >= 4 is 27.5 Å². The van der Waals surface area contributed by atoms with E-state index in [0.717, 1.165) is 5.56 Å². The van der Waals surface area contributed by atoms with Crippen molar-refractivity contribution in [2.45, 2.75) is 6.42 Å². The van der Waals surface area contributed by atoms with E-state index in [1.54, 1.807) is 6.07 Å². The molecule has 11 heavy (non-hydrogen) atoms. The minimum Gasteiger partial charge on any atom is -0.248 e. The number of aromatic nitrogens is 1. The fourth-order valence-corrected chi connectivity index (χ4v) is 1.22. The Bertz CT molecular complexity index is 306. The van der Waals surface area contributed by atoms with Crippen molar-refractivity contribution in [1.82, 2.24) is 4.98 Å². The summed E-state index contributed by atoms with van der Waals surface area (Å²) < 4.78 is 0.701. The van der Waals surface area contributed by atoms with Crippen LogP contribution in [0.5, 0.6) is 0 Å². The maximum absolute atomic E-state index is 8.39. The van der Waals surface area contributed by atoms with E-state index in [9.17, 15) is 0 Å². The Morgan fingerprint density at radius 2 is 2.45 bits per heavy atom. The molecule has 0 unspecified atom stereocenters. The number of rotatable bonds is 1. The Morgan fingerprint density at radius 1 is 1.73 bits per heavy atom. The first kappa shape index (κ1) is 8.51. The predicted molar refractivity (Wildman–Crippen MR) is 46.3 cm³/mol. The second kappa shape index (κ2) is 3.70. The molecule has 0 aromatic carbocycles. The minimum absolute atomic E-state index is 0.319. The first-order valence-electron chi connectivity index (χ1n) is 2.91. The van der Waals surface area contributed by atoms with Gasteiger partial charge in [0, 0.05) is 6.20 Å². The maximum Gasteiger partial charge on any atom is 0.106 e. The van der Waals surface area contributed by atoms with Crippen LogP contribution in [0.1, 0.15) is 5.56 Å². The van der Waals surface area contributed by atoms with Gasteiger partial charge >= 0.3 is 0 Å². The van der Waals surface area contributed by atoms with Crippen LogP contribution in [0.25, 0.3) is 0 Å². The molecule has 0 atom stereocenters. The average molecular weight is 231 g/mol. The molecule has 0 aliphatic heterocycles. The van der Waals surface area contributed by atoms with Crippen molar-refractivity contribution in [3.05, 3.63) is 27.5 Å². The van der Waals surface area contributed by atoms with Gasteiger partial charge in [0.2, 0.25) is 0 Å². The zero-order chi connectivity index (χ0) is 8.27. The molecule has 0 spiro atoms. The molecule has 1 aromatic heterocycles. The molecular weight excluding hydrogens is 227 g/mol. The summed E-state index contributed by atoms with van der Waals surface area (Å²) in [6, 6.07) is 3.76. The smallest absolute Gasteiger partial charge is 0.106 e. The SMILES string of the molecule is N#CCc1cc(Br)ncc1Cl. The third-order valence-corrected chi connectivity index (χ3v) is 1.94. The molecular formula is C7H4BrClN2. The van der Waals surface area contributed by atoms with E-state index in [1.165, 1.54) is 6.20 Å².